The lowest BCUT2D eigenvalue weighted by Crippen LogP contribution is -2.36. The number of likely N-dealkylation sites (tertiary alicyclic amines) is 1. The maximum absolute atomic E-state index is 12.6. The zero-order chi connectivity index (χ0) is 30.9. The molecule has 1 fully saturated rings. The largest absolute Gasteiger partial charge is 0.494 e. The van der Waals surface area contributed by atoms with Crippen LogP contribution in [-0.2, 0) is 9.59 Å². The highest BCUT2D eigenvalue weighted by Crippen LogP contribution is 2.39. The number of carbonyl (C=O) groups excluding carboxylic acids is 1. The molecule has 0 atom stereocenters. The fourth-order valence-electron chi connectivity index (χ4n) is 5.94. The van der Waals surface area contributed by atoms with Crippen LogP contribution in [-0.4, -0.2) is 65.9 Å². The van der Waals surface area contributed by atoms with Gasteiger partial charge in [0.05, 0.1) is 23.7 Å². The number of ether oxygens (including phenoxy) is 1. The molecule has 0 saturated carbocycles. The van der Waals surface area contributed by atoms with E-state index in [2.05, 4.69) is 46.0 Å². The van der Waals surface area contributed by atoms with Crippen molar-refractivity contribution in [2.24, 2.45) is 0 Å². The quantitative estimate of drug-likeness (QED) is 0.211. The van der Waals surface area contributed by atoms with E-state index in [1.807, 2.05) is 6.07 Å². The second-order valence-electron chi connectivity index (χ2n) is 11.1. The molecule has 2 aliphatic rings. The van der Waals surface area contributed by atoms with Gasteiger partial charge in [0.1, 0.15) is 5.75 Å². The third kappa shape index (κ3) is 8.16. The highest BCUT2D eigenvalue weighted by Gasteiger charge is 2.36. The van der Waals surface area contributed by atoms with E-state index >= 15 is 0 Å². The number of rotatable bonds is 12. The highest BCUT2D eigenvalue weighted by atomic mass is 16.5. The summed E-state index contributed by atoms with van der Waals surface area (Å²) in [6.45, 7) is 9.48. The Kier molecular flexibility index (Phi) is 10.8. The van der Waals surface area contributed by atoms with Gasteiger partial charge in [-0.15, -0.1) is 0 Å². The van der Waals surface area contributed by atoms with Crippen LogP contribution in [0.1, 0.15) is 69.4 Å². The first-order valence-corrected chi connectivity index (χ1v) is 14.9. The second kappa shape index (κ2) is 14.7. The van der Waals surface area contributed by atoms with Gasteiger partial charge in [-0.2, -0.15) is 0 Å². The number of nitrogens with one attached hydrogen (secondary N) is 3. The minimum atomic E-state index is -1.20. The van der Waals surface area contributed by atoms with Gasteiger partial charge in [-0.05, 0) is 100 Å². The number of benzene rings is 2. The van der Waals surface area contributed by atoms with Crippen LogP contribution < -0.4 is 20.7 Å². The number of carbonyl (C=O) groups is 3. The molecule has 2 aliphatic heterocycles. The third-order valence-electron chi connectivity index (χ3n) is 8.03. The maximum Gasteiger partial charge on any atom is 0.334 e. The smallest absolute Gasteiger partial charge is 0.334 e. The van der Waals surface area contributed by atoms with Crippen molar-refractivity contribution in [3.63, 3.8) is 0 Å². The Labute approximate surface area is 252 Å². The monoisotopic (exact) mass is 590 g/mol. The van der Waals surface area contributed by atoms with E-state index in [1.165, 1.54) is 5.56 Å². The standard InChI is InChI=1S/C33H42N4O6/c1-4-18-43-27-11-6-8-24(20-27)23-12-16-37(17-13-23)15-7-14-34-33(42)36-26-10-5-9-25(19-26)30-28(31(38)39)21(2)35-22(3)29(30)32(40)41/h5-6,8-11,19-20,23,30,35H,4,7,12-18H2,1-3H3,(H,38,39)(H,40,41)(H2,34,36,42). The van der Waals surface area contributed by atoms with Gasteiger partial charge in [0.25, 0.3) is 0 Å². The van der Waals surface area contributed by atoms with Crippen molar-refractivity contribution in [1.82, 2.24) is 15.5 Å². The van der Waals surface area contributed by atoms with Gasteiger partial charge >= 0.3 is 18.0 Å². The van der Waals surface area contributed by atoms with E-state index < -0.39 is 17.9 Å². The van der Waals surface area contributed by atoms with Crippen LogP contribution >= 0.6 is 0 Å². The van der Waals surface area contributed by atoms with Crippen LogP contribution in [0, 0.1) is 0 Å². The summed E-state index contributed by atoms with van der Waals surface area (Å²) in [4.78, 5) is 39.2. The molecule has 0 radical (unpaired) electrons. The van der Waals surface area contributed by atoms with E-state index in [0.29, 0.717) is 35.1 Å². The number of amides is 2. The molecule has 5 N–H and O–H groups in total. The molecule has 0 unspecified atom stereocenters. The van der Waals surface area contributed by atoms with Gasteiger partial charge in [-0.25, -0.2) is 14.4 Å². The summed E-state index contributed by atoms with van der Waals surface area (Å²) >= 11 is 0. The average molecular weight is 591 g/mol. The molecular formula is C33H42N4O6. The summed E-state index contributed by atoms with van der Waals surface area (Å²) in [5, 5.41) is 28.3. The van der Waals surface area contributed by atoms with E-state index in [-0.39, 0.29) is 17.2 Å². The first kappa shape index (κ1) is 31.6. The van der Waals surface area contributed by atoms with Crippen LogP contribution in [0.25, 0.3) is 0 Å². The molecule has 43 heavy (non-hydrogen) atoms. The van der Waals surface area contributed by atoms with Crippen LogP contribution in [0.15, 0.2) is 71.1 Å². The number of dihydropyridines is 1. The molecule has 4 rings (SSSR count). The number of aliphatic carboxylic acids is 2. The number of allylic oxidation sites excluding steroid dienone is 2. The molecule has 0 bridgehead atoms. The van der Waals surface area contributed by atoms with Crippen LogP contribution in [0.3, 0.4) is 0 Å². The number of urea groups is 1. The fourth-order valence-corrected chi connectivity index (χ4v) is 5.94. The van der Waals surface area contributed by atoms with E-state index in [1.54, 1.807) is 38.1 Å². The fraction of sp³-hybridized carbons (Fsp3) is 0.424. The Hall–Kier alpha value is -4.31. The minimum absolute atomic E-state index is 0.0388. The van der Waals surface area contributed by atoms with Gasteiger partial charge in [-0.1, -0.05) is 31.2 Å². The highest BCUT2D eigenvalue weighted by molar-refractivity contribution is 5.98. The van der Waals surface area contributed by atoms with Crippen molar-refractivity contribution in [2.75, 3.05) is 38.1 Å². The molecule has 0 aromatic heterocycles. The zero-order valence-electron chi connectivity index (χ0n) is 25.1. The van der Waals surface area contributed by atoms with Gasteiger partial charge < -0.3 is 35.8 Å². The van der Waals surface area contributed by atoms with Crippen molar-refractivity contribution < 1.29 is 29.3 Å². The van der Waals surface area contributed by atoms with Crippen LogP contribution in [0.5, 0.6) is 5.75 Å². The summed E-state index contributed by atoms with van der Waals surface area (Å²) in [6.07, 6.45) is 3.99. The Bertz CT molecular complexity index is 1360. The summed E-state index contributed by atoms with van der Waals surface area (Å²) in [6, 6.07) is 14.7. The van der Waals surface area contributed by atoms with E-state index in [4.69, 9.17) is 4.74 Å². The molecule has 2 aromatic carbocycles. The number of nitrogens with zero attached hydrogens (tertiary/aromatic N) is 1. The Balaban J connectivity index is 1.26. The number of hydrogen-bond donors (Lipinski definition) is 5. The normalized spacial score (nSPS) is 16.5. The molecule has 10 nitrogen and oxygen atoms in total. The Morgan fingerprint density at radius 1 is 0.953 bits per heavy atom. The first-order valence-electron chi connectivity index (χ1n) is 14.9. The van der Waals surface area contributed by atoms with E-state index in [0.717, 1.165) is 57.7 Å². The van der Waals surface area contributed by atoms with Crippen molar-refractivity contribution in [2.45, 2.75) is 58.3 Å². The predicted molar refractivity (Wildman–Crippen MR) is 165 cm³/mol. The molecule has 10 heteroatoms. The number of carboxylic acids is 2. The molecule has 1 saturated heterocycles. The summed E-state index contributed by atoms with van der Waals surface area (Å²) < 4.78 is 5.80. The predicted octanol–water partition coefficient (Wildman–Crippen LogP) is 5.27. The summed E-state index contributed by atoms with van der Waals surface area (Å²) in [5.74, 6) is -1.91. The topological polar surface area (TPSA) is 140 Å². The molecule has 0 aliphatic carbocycles. The van der Waals surface area contributed by atoms with Crippen molar-refractivity contribution in [3.05, 3.63) is 82.2 Å². The maximum atomic E-state index is 12.6. The zero-order valence-corrected chi connectivity index (χ0v) is 25.1. The van der Waals surface area contributed by atoms with Gasteiger partial charge in [0, 0.05) is 23.6 Å². The van der Waals surface area contributed by atoms with Crippen LogP contribution in [0.2, 0.25) is 0 Å². The number of anilines is 1. The lowest BCUT2D eigenvalue weighted by atomic mass is 9.80. The number of hydrogen-bond acceptors (Lipinski definition) is 6. The Morgan fingerprint density at radius 2 is 1.60 bits per heavy atom. The molecule has 2 amide bonds. The number of carboxylic acid groups (broad SMARTS) is 2. The van der Waals surface area contributed by atoms with Gasteiger partial charge in [-0.3, -0.25) is 0 Å². The second-order valence-corrected chi connectivity index (χ2v) is 11.1. The average Bonchev–Trinajstić information content (AvgIpc) is 2.98. The number of piperidine rings is 1. The lowest BCUT2D eigenvalue weighted by molar-refractivity contribution is -0.133. The molecule has 0 spiro atoms. The van der Waals surface area contributed by atoms with Crippen LogP contribution in [0.4, 0.5) is 10.5 Å². The summed E-state index contributed by atoms with van der Waals surface area (Å²) in [7, 11) is 0. The van der Waals surface area contributed by atoms with Crippen molar-refractivity contribution >= 4 is 23.7 Å². The van der Waals surface area contributed by atoms with Gasteiger partial charge in [0.15, 0.2) is 0 Å². The minimum Gasteiger partial charge on any atom is -0.494 e. The van der Waals surface area contributed by atoms with E-state index in [9.17, 15) is 24.6 Å². The SMILES string of the molecule is CCCOc1cccc(C2CCN(CCCNC(=O)Nc3cccc(C4C(C(=O)O)=C(C)NC(C)=C4C(=O)O)c3)CC2)c1. The molecular weight excluding hydrogens is 548 g/mol. The molecule has 2 heterocycles. The molecule has 2 aromatic rings. The van der Waals surface area contributed by atoms with Crippen molar-refractivity contribution in [1.29, 1.82) is 0 Å². The molecule has 230 valence electrons. The van der Waals surface area contributed by atoms with Gasteiger partial charge in [0.2, 0.25) is 0 Å². The lowest BCUT2D eigenvalue weighted by Gasteiger charge is -2.32. The third-order valence-corrected chi connectivity index (χ3v) is 8.03. The Morgan fingerprint density at radius 3 is 2.26 bits per heavy atom. The van der Waals surface area contributed by atoms with Crippen molar-refractivity contribution in [3.8, 4) is 5.75 Å². The summed E-state index contributed by atoms with van der Waals surface area (Å²) in [5.41, 5.74) is 2.94. The first-order chi connectivity index (χ1) is 20.7.